The Balaban J connectivity index is 1.32. The van der Waals surface area contributed by atoms with Crippen LogP contribution in [0.5, 0.6) is 0 Å². The molecule has 34 heavy (non-hydrogen) atoms. The van der Waals surface area contributed by atoms with Crippen LogP contribution in [0.15, 0.2) is 61.3 Å². The zero-order valence-corrected chi connectivity index (χ0v) is 19.9. The largest absolute Gasteiger partial charge is 0.471 e. The van der Waals surface area contributed by atoms with Crippen molar-refractivity contribution in [3.05, 3.63) is 77.9 Å². The van der Waals surface area contributed by atoms with Crippen molar-refractivity contribution in [2.45, 2.75) is 58.3 Å². The first-order valence-corrected chi connectivity index (χ1v) is 12.1. The first-order chi connectivity index (χ1) is 16.6. The molecule has 1 aromatic heterocycles. The predicted molar refractivity (Wildman–Crippen MR) is 128 cm³/mol. The van der Waals surface area contributed by atoms with Gasteiger partial charge in [-0.05, 0) is 57.1 Å². The molecule has 0 saturated heterocycles. The molecule has 7 nitrogen and oxygen atoms in total. The lowest BCUT2D eigenvalue weighted by atomic mass is 9.79. The van der Waals surface area contributed by atoms with Gasteiger partial charge in [-0.25, -0.2) is 5.01 Å². The highest BCUT2D eigenvalue weighted by molar-refractivity contribution is 6.08. The van der Waals surface area contributed by atoms with Crippen molar-refractivity contribution in [1.82, 2.24) is 15.4 Å². The van der Waals surface area contributed by atoms with Crippen molar-refractivity contribution < 1.29 is 19.1 Å². The van der Waals surface area contributed by atoms with Crippen LogP contribution in [0.1, 0.15) is 73.7 Å². The van der Waals surface area contributed by atoms with E-state index in [1.54, 1.807) is 54.1 Å². The summed E-state index contributed by atoms with van der Waals surface area (Å²) in [5.41, 5.74) is 4.98. The molecule has 2 unspecified atom stereocenters. The molecule has 7 heteroatoms. The standard InChI is InChI=1S/C27H33N3O4/c1-3-16-33-19(2)20-6-10-22(11-7-20)26(32)29-30-15-17-34-27(30)23-12-8-21(9-13-23)25(31)24-5-4-14-28-18-24/h4-5,8-9,12-15,17-20,22,27H,3,6-7,10-11,16H2,1-2H3,(H,29,32). The molecular weight excluding hydrogens is 430 g/mol. The van der Waals surface area contributed by atoms with E-state index >= 15 is 0 Å². The summed E-state index contributed by atoms with van der Waals surface area (Å²) in [7, 11) is 0. The van der Waals surface area contributed by atoms with Gasteiger partial charge in [0, 0.05) is 41.6 Å². The molecule has 2 aromatic rings. The van der Waals surface area contributed by atoms with Crippen molar-refractivity contribution >= 4 is 11.7 Å². The van der Waals surface area contributed by atoms with E-state index < -0.39 is 6.23 Å². The lowest BCUT2D eigenvalue weighted by molar-refractivity contribution is -0.133. The summed E-state index contributed by atoms with van der Waals surface area (Å²) in [5.74, 6) is 0.444. The van der Waals surface area contributed by atoms with Gasteiger partial charge in [0.05, 0.1) is 12.3 Å². The fourth-order valence-corrected chi connectivity index (χ4v) is 4.63. The summed E-state index contributed by atoms with van der Waals surface area (Å²) in [6.07, 6.45) is 11.0. The Morgan fingerprint density at radius 3 is 2.59 bits per heavy atom. The highest BCUT2D eigenvalue weighted by Crippen LogP contribution is 2.33. The Morgan fingerprint density at radius 2 is 1.91 bits per heavy atom. The maximum absolute atomic E-state index is 13.0. The zero-order chi connectivity index (χ0) is 23.9. The maximum atomic E-state index is 13.0. The van der Waals surface area contributed by atoms with E-state index in [1.807, 2.05) is 12.1 Å². The van der Waals surface area contributed by atoms with Crippen molar-refractivity contribution in [1.29, 1.82) is 0 Å². The number of ether oxygens (including phenoxy) is 2. The number of rotatable bonds is 9. The Labute approximate surface area is 201 Å². The molecule has 1 amide bonds. The number of carbonyl (C=O) groups is 2. The maximum Gasteiger partial charge on any atom is 0.241 e. The molecule has 2 heterocycles. The van der Waals surface area contributed by atoms with Crippen molar-refractivity contribution in [3.8, 4) is 0 Å². The van der Waals surface area contributed by atoms with Crippen LogP contribution in [-0.2, 0) is 14.3 Å². The molecule has 180 valence electrons. The van der Waals surface area contributed by atoms with Gasteiger partial charge in [-0.2, -0.15) is 0 Å². The monoisotopic (exact) mass is 463 g/mol. The van der Waals surface area contributed by atoms with Gasteiger partial charge in [0.1, 0.15) is 6.26 Å². The van der Waals surface area contributed by atoms with Crippen LogP contribution in [-0.4, -0.2) is 34.4 Å². The van der Waals surface area contributed by atoms with Gasteiger partial charge in [-0.1, -0.05) is 31.2 Å². The summed E-state index contributed by atoms with van der Waals surface area (Å²) < 4.78 is 11.6. The highest BCUT2D eigenvalue weighted by Gasteiger charge is 2.32. The molecule has 4 rings (SSSR count). The van der Waals surface area contributed by atoms with Gasteiger partial charge in [-0.3, -0.25) is 20.0 Å². The number of carbonyl (C=O) groups excluding carboxylic acids is 2. The SMILES string of the molecule is CCCOC(C)C1CCC(C(=O)NN2C=COC2c2ccc(C(=O)c3cccnc3)cc2)CC1. The van der Waals surface area contributed by atoms with E-state index in [0.29, 0.717) is 17.0 Å². The van der Waals surface area contributed by atoms with Crippen LogP contribution in [0, 0.1) is 11.8 Å². The number of nitrogens with one attached hydrogen (secondary N) is 1. The molecule has 1 aliphatic carbocycles. The van der Waals surface area contributed by atoms with Gasteiger partial charge in [0.2, 0.25) is 12.1 Å². The molecular formula is C27H33N3O4. The Hall–Kier alpha value is -3.19. The summed E-state index contributed by atoms with van der Waals surface area (Å²) in [4.78, 5) is 29.6. The second-order valence-electron chi connectivity index (χ2n) is 9.04. The first kappa shape index (κ1) is 24.0. The van der Waals surface area contributed by atoms with Crippen LogP contribution in [0.2, 0.25) is 0 Å². The van der Waals surface area contributed by atoms with Crippen molar-refractivity contribution in [2.75, 3.05) is 6.61 Å². The van der Waals surface area contributed by atoms with Crippen LogP contribution >= 0.6 is 0 Å². The van der Waals surface area contributed by atoms with E-state index in [9.17, 15) is 9.59 Å². The van der Waals surface area contributed by atoms with Gasteiger partial charge in [0.25, 0.3) is 0 Å². The fraction of sp³-hybridized carbons (Fsp3) is 0.444. The van der Waals surface area contributed by atoms with E-state index in [1.165, 1.54) is 0 Å². The number of amides is 1. The molecule has 0 bridgehead atoms. The molecule has 1 saturated carbocycles. The third kappa shape index (κ3) is 5.65. The van der Waals surface area contributed by atoms with Crippen LogP contribution < -0.4 is 5.43 Å². The van der Waals surface area contributed by atoms with Crippen molar-refractivity contribution in [3.63, 3.8) is 0 Å². The number of hydrogen-bond donors (Lipinski definition) is 1. The molecule has 2 atom stereocenters. The molecule has 2 aliphatic rings. The number of aromatic nitrogens is 1. The normalized spacial score (nSPS) is 22.8. The number of ketones is 1. The summed E-state index contributed by atoms with van der Waals surface area (Å²) in [6, 6.07) is 10.7. The highest BCUT2D eigenvalue weighted by atomic mass is 16.5. The van der Waals surface area contributed by atoms with Crippen LogP contribution in [0.4, 0.5) is 0 Å². The molecule has 0 radical (unpaired) electrons. The molecule has 1 aliphatic heterocycles. The number of hydrazine groups is 1. The molecule has 1 N–H and O–H groups in total. The van der Waals surface area contributed by atoms with E-state index in [-0.39, 0.29) is 23.7 Å². The van der Waals surface area contributed by atoms with E-state index in [4.69, 9.17) is 9.47 Å². The van der Waals surface area contributed by atoms with E-state index in [2.05, 4.69) is 24.3 Å². The fourth-order valence-electron chi connectivity index (χ4n) is 4.63. The van der Waals surface area contributed by atoms with Gasteiger partial charge < -0.3 is 9.47 Å². The van der Waals surface area contributed by atoms with Crippen LogP contribution in [0.3, 0.4) is 0 Å². The second-order valence-corrected chi connectivity index (χ2v) is 9.04. The van der Waals surface area contributed by atoms with E-state index in [0.717, 1.165) is 44.3 Å². The number of benzene rings is 1. The predicted octanol–water partition coefficient (Wildman–Crippen LogP) is 4.77. The third-order valence-electron chi connectivity index (χ3n) is 6.69. The average Bonchev–Trinajstić information content (AvgIpc) is 3.35. The Morgan fingerprint density at radius 1 is 1.15 bits per heavy atom. The molecule has 0 spiro atoms. The van der Waals surface area contributed by atoms with Gasteiger partial charge in [0.15, 0.2) is 5.78 Å². The van der Waals surface area contributed by atoms with Crippen LogP contribution in [0.25, 0.3) is 0 Å². The quantitative estimate of drug-likeness (QED) is 0.540. The third-order valence-corrected chi connectivity index (χ3v) is 6.69. The summed E-state index contributed by atoms with van der Waals surface area (Å²) in [5, 5.41) is 1.69. The smallest absolute Gasteiger partial charge is 0.241 e. The minimum Gasteiger partial charge on any atom is -0.471 e. The Kier molecular flexibility index (Phi) is 7.95. The lowest BCUT2D eigenvalue weighted by Crippen LogP contribution is -2.44. The number of nitrogens with zero attached hydrogens (tertiary/aromatic N) is 2. The minimum atomic E-state index is -0.467. The molecule has 1 aromatic carbocycles. The minimum absolute atomic E-state index is 0.0104. The summed E-state index contributed by atoms with van der Waals surface area (Å²) in [6.45, 7) is 5.06. The summed E-state index contributed by atoms with van der Waals surface area (Å²) >= 11 is 0. The van der Waals surface area contributed by atoms with Gasteiger partial charge in [-0.15, -0.1) is 0 Å². The number of pyridine rings is 1. The number of hydrogen-bond acceptors (Lipinski definition) is 6. The Bertz CT molecular complexity index is 985. The average molecular weight is 464 g/mol. The topological polar surface area (TPSA) is 80.8 Å². The second kappa shape index (κ2) is 11.3. The van der Waals surface area contributed by atoms with Gasteiger partial charge >= 0.3 is 0 Å². The van der Waals surface area contributed by atoms with Crippen molar-refractivity contribution in [2.24, 2.45) is 11.8 Å². The first-order valence-electron chi connectivity index (χ1n) is 12.1. The lowest BCUT2D eigenvalue weighted by Gasteiger charge is -2.33. The zero-order valence-electron chi connectivity index (χ0n) is 19.9. The molecule has 1 fully saturated rings.